The van der Waals surface area contributed by atoms with Crippen LogP contribution in [0.15, 0.2) is 53.5 Å². The van der Waals surface area contributed by atoms with Crippen molar-refractivity contribution in [3.8, 4) is 0 Å². The van der Waals surface area contributed by atoms with Crippen molar-refractivity contribution in [3.63, 3.8) is 0 Å². The maximum absolute atomic E-state index is 12.1. The zero-order valence-corrected chi connectivity index (χ0v) is 14.5. The Morgan fingerprint density at radius 2 is 2.08 bits per heavy atom. The van der Waals surface area contributed by atoms with Gasteiger partial charge in [0, 0.05) is 35.4 Å². The highest BCUT2D eigenvalue weighted by Gasteiger charge is 2.17. The number of anilines is 1. The van der Waals surface area contributed by atoms with E-state index in [1.54, 1.807) is 29.6 Å². The average molecular weight is 387 g/mol. The Morgan fingerprint density at radius 3 is 2.83 bits per heavy atom. The third-order valence-electron chi connectivity index (χ3n) is 3.74. The molecule has 0 radical (unpaired) electrons. The largest absolute Gasteiger partial charge is 0.630 e. The zero-order chi connectivity index (χ0) is 17.1. The van der Waals surface area contributed by atoms with Crippen molar-refractivity contribution in [1.82, 2.24) is 9.97 Å². The standard InChI is InChI=1S/C17H15BrN4O2/c1-11(23)22(17-4-5-19-9-16(17)21-24)10-12-2-3-13-7-20-8-15(18)14(13)6-12/h2-9H,10,21H2,1H3. The van der Waals surface area contributed by atoms with Gasteiger partial charge in [0.25, 0.3) is 0 Å². The number of nitrogens with two attached hydrogens (primary N) is 1. The van der Waals surface area contributed by atoms with Gasteiger partial charge in [0.1, 0.15) is 5.69 Å². The molecule has 0 fully saturated rings. The number of benzene rings is 1. The van der Waals surface area contributed by atoms with Crippen LogP contribution in [0.2, 0.25) is 0 Å². The summed E-state index contributed by atoms with van der Waals surface area (Å²) in [5.41, 5.74) is 2.61. The van der Waals surface area contributed by atoms with E-state index in [0.717, 1.165) is 20.8 Å². The van der Waals surface area contributed by atoms with Crippen molar-refractivity contribution in [3.05, 3.63) is 64.3 Å². The van der Waals surface area contributed by atoms with E-state index >= 15 is 0 Å². The second-order valence-electron chi connectivity index (χ2n) is 5.33. The van der Waals surface area contributed by atoms with E-state index in [4.69, 9.17) is 0 Å². The number of quaternary nitrogens is 1. The van der Waals surface area contributed by atoms with Crippen LogP contribution in [0, 0.1) is 5.21 Å². The molecule has 2 heterocycles. The van der Waals surface area contributed by atoms with E-state index in [1.165, 1.54) is 13.1 Å². The number of halogens is 1. The highest BCUT2D eigenvalue weighted by Crippen LogP contribution is 2.27. The van der Waals surface area contributed by atoms with E-state index in [2.05, 4.69) is 25.9 Å². The number of pyridine rings is 2. The SMILES string of the molecule is CC(=O)N(Cc1ccc2cncc(Br)c2c1)c1ccncc1[NH2+][O-]. The summed E-state index contributed by atoms with van der Waals surface area (Å²) in [5, 5.41) is 13.3. The lowest BCUT2D eigenvalue weighted by atomic mass is 10.1. The topological polar surface area (TPSA) is 85.8 Å². The fourth-order valence-corrected chi connectivity index (χ4v) is 3.02. The summed E-state index contributed by atoms with van der Waals surface area (Å²) < 4.78 is 0.897. The Morgan fingerprint density at radius 1 is 1.25 bits per heavy atom. The Labute approximate surface area is 147 Å². The van der Waals surface area contributed by atoms with Crippen LogP contribution in [0.3, 0.4) is 0 Å². The number of hydrogen-bond donors (Lipinski definition) is 1. The van der Waals surface area contributed by atoms with Crippen LogP contribution < -0.4 is 10.4 Å². The lowest BCUT2D eigenvalue weighted by molar-refractivity contribution is -0.496. The number of carbonyl (C=O) groups excluding carboxylic acids is 1. The Balaban J connectivity index is 2.00. The maximum Gasteiger partial charge on any atom is 0.224 e. The van der Waals surface area contributed by atoms with Gasteiger partial charge in [0.15, 0.2) is 5.69 Å². The normalized spacial score (nSPS) is 10.8. The van der Waals surface area contributed by atoms with E-state index < -0.39 is 0 Å². The molecule has 0 aliphatic carbocycles. The molecule has 122 valence electrons. The predicted molar refractivity (Wildman–Crippen MR) is 95.5 cm³/mol. The van der Waals surface area contributed by atoms with Gasteiger partial charge in [-0.05, 0) is 39.0 Å². The Kier molecular flexibility index (Phi) is 4.84. The molecule has 0 atom stereocenters. The van der Waals surface area contributed by atoms with Gasteiger partial charge < -0.3 is 15.6 Å². The number of fused-ring (bicyclic) bond motifs is 1. The average Bonchev–Trinajstić information content (AvgIpc) is 2.60. The summed E-state index contributed by atoms with van der Waals surface area (Å²) in [4.78, 5) is 21.8. The van der Waals surface area contributed by atoms with Crippen LogP contribution in [0.1, 0.15) is 12.5 Å². The van der Waals surface area contributed by atoms with E-state index in [9.17, 15) is 10.0 Å². The van der Waals surface area contributed by atoms with Crippen molar-refractivity contribution < 1.29 is 10.3 Å². The molecule has 2 N–H and O–H groups in total. The molecule has 6 nitrogen and oxygen atoms in total. The zero-order valence-electron chi connectivity index (χ0n) is 12.9. The molecule has 24 heavy (non-hydrogen) atoms. The van der Waals surface area contributed by atoms with Gasteiger partial charge in [-0.2, -0.15) is 0 Å². The Bertz CT molecular complexity index is 901. The number of nitrogens with zero attached hydrogens (tertiary/aromatic N) is 3. The monoisotopic (exact) mass is 386 g/mol. The molecule has 2 aromatic heterocycles. The van der Waals surface area contributed by atoms with Crippen LogP contribution >= 0.6 is 15.9 Å². The lowest BCUT2D eigenvalue weighted by Crippen LogP contribution is -2.70. The molecule has 0 saturated heterocycles. The first kappa shape index (κ1) is 16.5. The minimum absolute atomic E-state index is 0.141. The highest BCUT2D eigenvalue weighted by molar-refractivity contribution is 9.10. The molecule has 0 aliphatic heterocycles. The predicted octanol–water partition coefficient (Wildman–Crippen LogP) is 2.64. The van der Waals surface area contributed by atoms with Crippen molar-refractivity contribution in [1.29, 1.82) is 0 Å². The number of carbonyl (C=O) groups is 1. The fraction of sp³-hybridized carbons (Fsp3) is 0.118. The van der Waals surface area contributed by atoms with Crippen molar-refractivity contribution in [2.75, 3.05) is 4.90 Å². The fourth-order valence-electron chi connectivity index (χ4n) is 2.56. The molecule has 0 saturated carbocycles. The smallest absolute Gasteiger partial charge is 0.224 e. The molecule has 3 aromatic rings. The quantitative estimate of drug-likeness (QED) is 0.698. The molecule has 0 spiro atoms. The summed E-state index contributed by atoms with van der Waals surface area (Å²) in [5.74, 6) is -0.141. The molecule has 0 aliphatic rings. The van der Waals surface area contributed by atoms with Gasteiger partial charge in [0.2, 0.25) is 5.91 Å². The molecular formula is C17H15BrN4O2. The summed E-state index contributed by atoms with van der Waals surface area (Å²) >= 11 is 3.50. The Hall–Kier alpha value is -2.35. The van der Waals surface area contributed by atoms with E-state index in [-0.39, 0.29) is 5.91 Å². The first-order valence-electron chi connectivity index (χ1n) is 7.29. The van der Waals surface area contributed by atoms with Crippen LogP contribution in [0.25, 0.3) is 10.8 Å². The van der Waals surface area contributed by atoms with E-state index in [1.807, 2.05) is 18.2 Å². The van der Waals surface area contributed by atoms with Crippen molar-refractivity contribution >= 4 is 44.0 Å². The first-order valence-corrected chi connectivity index (χ1v) is 8.09. The molecule has 1 aromatic carbocycles. The summed E-state index contributed by atoms with van der Waals surface area (Å²) in [6, 6.07) is 7.60. The third kappa shape index (κ3) is 3.28. The van der Waals surface area contributed by atoms with Crippen molar-refractivity contribution in [2.45, 2.75) is 13.5 Å². The summed E-state index contributed by atoms with van der Waals surface area (Å²) in [6.45, 7) is 1.85. The number of rotatable bonds is 4. The minimum atomic E-state index is -0.141. The van der Waals surface area contributed by atoms with Gasteiger partial charge in [-0.3, -0.25) is 14.8 Å². The molecule has 3 rings (SSSR count). The summed E-state index contributed by atoms with van der Waals surface area (Å²) in [6.07, 6.45) is 6.56. The minimum Gasteiger partial charge on any atom is -0.630 e. The number of hydrogen-bond acceptors (Lipinski definition) is 4. The maximum atomic E-state index is 12.1. The molecule has 1 amide bonds. The lowest BCUT2D eigenvalue weighted by Gasteiger charge is -2.23. The van der Waals surface area contributed by atoms with Gasteiger partial charge in [-0.25, -0.2) is 0 Å². The molecular weight excluding hydrogens is 372 g/mol. The van der Waals surface area contributed by atoms with Gasteiger partial charge >= 0.3 is 0 Å². The van der Waals surface area contributed by atoms with Gasteiger partial charge in [-0.1, -0.05) is 12.1 Å². The number of amides is 1. The highest BCUT2D eigenvalue weighted by atomic mass is 79.9. The van der Waals surface area contributed by atoms with Crippen LogP contribution in [0.5, 0.6) is 0 Å². The van der Waals surface area contributed by atoms with Gasteiger partial charge in [0.05, 0.1) is 12.7 Å². The third-order valence-corrected chi connectivity index (χ3v) is 4.37. The van der Waals surface area contributed by atoms with Crippen molar-refractivity contribution in [2.24, 2.45) is 0 Å². The first-order chi connectivity index (χ1) is 11.6. The summed E-state index contributed by atoms with van der Waals surface area (Å²) in [7, 11) is 0. The van der Waals surface area contributed by atoms with Crippen LogP contribution in [-0.2, 0) is 11.3 Å². The number of aromatic nitrogens is 2. The molecule has 0 unspecified atom stereocenters. The second kappa shape index (κ2) is 7.04. The second-order valence-corrected chi connectivity index (χ2v) is 6.19. The molecule has 7 heteroatoms. The van der Waals surface area contributed by atoms with E-state index in [0.29, 0.717) is 23.4 Å². The van der Waals surface area contributed by atoms with Crippen LogP contribution in [0.4, 0.5) is 11.4 Å². The van der Waals surface area contributed by atoms with Crippen LogP contribution in [-0.4, -0.2) is 15.9 Å². The molecule has 0 bridgehead atoms. The van der Waals surface area contributed by atoms with Gasteiger partial charge in [-0.15, -0.1) is 0 Å².